The van der Waals surface area contributed by atoms with Crippen LogP contribution in [0, 0.1) is 13.8 Å². The third-order valence-corrected chi connectivity index (χ3v) is 5.61. The molecule has 32 heavy (non-hydrogen) atoms. The molecule has 3 aromatic rings. The Hall–Kier alpha value is -3.14. The summed E-state index contributed by atoms with van der Waals surface area (Å²) in [6, 6.07) is 5.17. The Morgan fingerprint density at radius 1 is 1.28 bits per heavy atom. The van der Waals surface area contributed by atoms with Gasteiger partial charge in [-0.2, -0.15) is 18.3 Å². The number of anilines is 1. The maximum Gasteiger partial charge on any atom is 0.416 e. The van der Waals surface area contributed by atoms with E-state index in [1.54, 1.807) is 26.0 Å². The van der Waals surface area contributed by atoms with Gasteiger partial charge in [0.05, 0.1) is 36.0 Å². The molecule has 0 aliphatic carbocycles. The summed E-state index contributed by atoms with van der Waals surface area (Å²) in [7, 11) is 0. The van der Waals surface area contributed by atoms with Crippen molar-refractivity contribution in [1.29, 1.82) is 0 Å². The number of pyridine rings is 1. The lowest BCUT2D eigenvalue weighted by molar-refractivity contribution is -0.138. The van der Waals surface area contributed by atoms with Gasteiger partial charge in [-0.05, 0) is 44.0 Å². The molecule has 10 heteroatoms. The molecule has 0 saturated carbocycles. The standard InChI is InChI=1S/C22H23F3N4O3/c1-11-15(5-4-6-17(11)22(23,24)25)12(2)26-20-16-9-18(32-14-7-8-31-10-14)21(30)27-19(16)13(3)28-29-20/h4-6,9,12,14H,7-8,10H2,1-3H3,(H,26,29)(H,27,30)/t12-,14+/m1/s1. The van der Waals surface area contributed by atoms with Crippen LogP contribution >= 0.6 is 0 Å². The van der Waals surface area contributed by atoms with E-state index in [-0.39, 0.29) is 17.4 Å². The number of rotatable bonds is 5. The minimum Gasteiger partial charge on any atom is -0.482 e. The van der Waals surface area contributed by atoms with Gasteiger partial charge in [0, 0.05) is 11.8 Å². The van der Waals surface area contributed by atoms with Gasteiger partial charge in [-0.3, -0.25) is 4.79 Å². The Labute approximate surface area is 182 Å². The van der Waals surface area contributed by atoms with Gasteiger partial charge in [0.1, 0.15) is 6.10 Å². The second kappa shape index (κ2) is 8.42. The average Bonchev–Trinajstić information content (AvgIpc) is 3.23. The molecule has 0 amide bonds. The van der Waals surface area contributed by atoms with Gasteiger partial charge in [0.2, 0.25) is 0 Å². The average molecular weight is 448 g/mol. The quantitative estimate of drug-likeness (QED) is 0.605. The first kappa shape index (κ1) is 22.1. The van der Waals surface area contributed by atoms with Crippen LogP contribution in [0.15, 0.2) is 29.1 Å². The molecule has 1 aromatic carbocycles. The van der Waals surface area contributed by atoms with Gasteiger partial charge in [-0.25, -0.2) is 0 Å². The van der Waals surface area contributed by atoms with Crippen LogP contribution in [0.4, 0.5) is 19.0 Å². The molecular formula is C22H23F3N4O3. The zero-order valence-corrected chi connectivity index (χ0v) is 17.8. The van der Waals surface area contributed by atoms with Gasteiger partial charge in [-0.1, -0.05) is 12.1 Å². The van der Waals surface area contributed by atoms with Crippen molar-refractivity contribution in [2.45, 2.75) is 45.5 Å². The Morgan fingerprint density at radius 3 is 2.75 bits per heavy atom. The summed E-state index contributed by atoms with van der Waals surface area (Å²) in [5.41, 5.74) is 0.551. The van der Waals surface area contributed by atoms with Crippen LogP contribution in [0.1, 0.15) is 41.8 Å². The molecule has 1 fully saturated rings. The van der Waals surface area contributed by atoms with Crippen molar-refractivity contribution in [3.63, 3.8) is 0 Å². The first-order valence-corrected chi connectivity index (χ1v) is 10.2. The lowest BCUT2D eigenvalue weighted by atomic mass is 9.97. The molecule has 3 heterocycles. The fourth-order valence-electron chi connectivity index (χ4n) is 3.90. The topological polar surface area (TPSA) is 89.1 Å². The molecule has 0 unspecified atom stereocenters. The molecule has 2 aromatic heterocycles. The first-order valence-electron chi connectivity index (χ1n) is 10.2. The number of H-pyrrole nitrogens is 1. The summed E-state index contributed by atoms with van der Waals surface area (Å²) in [6.07, 6.45) is -3.97. The van der Waals surface area contributed by atoms with Crippen molar-refractivity contribution in [3.8, 4) is 5.75 Å². The van der Waals surface area contributed by atoms with E-state index in [1.807, 2.05) is 0 Å². The Balaban J connectivity index is 1.71. The summed E-state index contributed by atoms with van der Waals surface area (Å²) in [5, 5.41) is 12.0. The zero-order valence-electron chi connectivity index (χ0n) is 17.8. The normalized spacial score (nSPS) is 17.5. The van der Waals surface area contributed by atoms with Crippen LogP contribution < -0.4 is 15.6 Å². The molecule has 2 N–H and O–H groups in total. The predicted octanol–water partition coefficient (Wildman–Crippen LogP) is 4.29. The molecule has 0 spiro atoms. The number of benzene rings is 1. The van der Waals surface area contributed by atoms with Crippen molar-refractivity contribution in [3.05, 3.63) is 57.0 Å². The highest BCUT2D eigenvalue weighted by Gasteiger charge is 2.33. The van der Waals surface area contributed by atoms with Crippen LogP contribution in [0.3, 0.4) is 0 Å². The lowest BCUT2D eigenvalue weighted by Crippen LogP contribution is -2.21. The summed E-state index contributed by atoms with van der Waals surface area (Å²) >= 11 is 0. The van der Waals surface area contributed by atoms with E-state index in [0.717, 1.165) is 6.07 Å². The fourth-order valence-corrected chi connectivity index (χ4v) is 3.90. The Morgan fingerprint density at radius 2 is 2.06 bits per heavy atom. The highest BCUT2D eigenvalue weighted by Crippen LogP contribution is 2.35. The van der Waals surface area contributed by atoms with Crippen LogP contribution in [0.25, 0.3) is 10.9 Å². The summed E-state index contributed by atoms with van der Waals surface area (Å²) in [5.74, 6) is 0.463. The number of fused-ring (bicyclic) bond motifs is 1. The summed E-state index contributed by atoms with van der Waals surface area (Å²) in [6.45, 7) is 5.88. The van der Waals surface area contributed by atoms with E-state index in [0.29, 0.717) is 47.6 Å². The molecule has 1 aliphatic heterocycles. The SMILES string of the molecule is Cc1c([C@@H](C)Nc2nnc(C)c3[nH]c(=O)c(O[C@H]4CCOC4)cc23)cccc1C(F)(F)F. The smallest absolute Gasteiger partial charge is 0.416 e. The molecule has 170 valence electrons. The van der Waals surface area contributed by atoms with Crippen LogP contribution in [-0.2, 0) is 10.9 Å². The van der Waals surface area contributed by atoms with Crippen molar-refractivity contribution in [2.24, 2.45) is 0 Å². The van der Waals surface area contributed by atoms with E-state index in [1.165, 1.54) is 13.0 Å². The van der Waals surface area contributed by atoms with E-state index >= 15 is 0 Å². The first-order chi connectivity index (χ1) is 15.1. The molecule has 1 saturated heterocycles. The van der Waals surface area contributed by atoms with Gasteiger partial charge in [-0.15, -0.1) is 5.10 Å². The molecule has 4 rings (SSSR count). The summed E-state index contributed by atoms with van der Waals surface area (Å²) < 4.78 is 51.1. The minimum atomic E-state index is -4.44. The van der Waals surface area contributed by atoms with Crippen molar-refractivity contribution < 1.29 is 22.6 Å². The van der Waals surface area contributed by atoms with Gasteiger partial charge in [0.15, 0.2) is 11.6 Å². The molecule has 0 bridgehead atoms. The molecule has 2 atom stereocenters. The lowest BCUT2D eigenvalue weighted by Gasteiger charge is -2.21. The number of aryl methyl sites for hydroxylation is 1. The van der Waals surface area contributed by atoms with Crippen LogP contribution in [0.5, 0.6) is 5.75 Å². The van der Waals surface area contributed by atoms with E-state index < -0.39 is 23.3 Å². The minimum absolute atomic E-state index is 0.131. The van der Waals surface area contributed by atoms with E-state index in [2.05, 4.69) is 20.5 Å². The Kier molecular flexibility index (Phi) is 5.81. The number of alkyl halides is 3. The van der Waals surface area contributed by atoms with E-state index in [4.69, 9.17) is 9.47 Å². The maximum absolute atomic E-state index is 13.3. The van der Waals surface area contributed by atoms with Crippen LogP contribution in [0.2, 0.25) is 0 Å². The van der Waals surface area contributed by atoms with Gasteiger partial charge >= 0.3 is 6.18 Å². The maximum atomic E-state index is 13.3. The summed E-state index contributed by atoms with van der Waals surface area (Å²) in [4.78, 5) is 15.3. The number of halogens is 3. The molecule has 1 aliphatic rings. The number of nitrogens with one attached hydrogen (secondary N) is 2. The zero-order chi connectivity index (χ0) is 23.0. The Bertz CT molecular complexity index is 1200. The highest BCUT2D eigenvalue weighted by molar-refractivity contribution is 5.91. The van der Waals surface area contributed by atoms with Crippen molar-refractivity contribution in [1.82, 2.24) is 15.2 Å². The van der Waals surface area contributed by atoms with Crippen molar-refractivity contribution >= 4 is 16.7 Å². The highest BCUT2D eigenvalue weighted by atomic mass is 19.4. The molecular weight excluding hydrogens is 425 g/mol. The number of ether oxygens (including phenoxy) is 2. The molecule has 0 radical (unpaired) electrons. The largest absolute Gasteiger partial charge is 0.482 e. The second-order valence-corrected chi connectivity index (χ2v) is 7.87. The molecule has 7 nitrogen and oxygen atoms in total. The van der Waals surface area contributed by atoms with Crippen molar-refractivity contribution in [2.75, 3.05) is 18.5 Å². The predicted molar refractivity (Wildman–Crippen MR) is 113 cm³/mol. The number of aromatic amines is 1. The number of hydrogen-bond acceptors (Lipinski definition) is 6. The third kappa shape index (κ3) is 4.27. The third-order valence-electron chi connectivity index (χ3n) is 5.61. The second-order valence-electron chi connectivity index (χ2n) is 7.87. The monoisotopic (exact) mass is 448 g/mol. The van der Waals surface area contributed by atoms with E-state index in [9.17, 15) is 18.0 Å². The fraction of sp³-hybridized carbons (Fsp3) is 0.409. The van der Waals surface area contributed by atoms with Gasteiger partial charge < -0.3 is 19.8 Å². The number of aromatic nitrogens is 3. The van der Waals surface area contributed by atoms with Crippen LogP contribution in [-0.4, -0.2) is 34.5 Å². The number of nitrogens with zero attached hydrogens (tertiary/aromatic N) is 2. The number of hydrogen-bond donors (Lipinski definition) is 2. The van der Waals surface area contributed by atoms with Gasteiger partial charge in [0.25, 0.3) is 5.56 Å².